The molecule has 1 heterocycles. The molecule has 4 rings (SSSR count). The van der Waals surface area contributed by atoms with Crippen molar-refractivity contribution in [2.75, 3.05) is 23.3 Å². The minimum atomic E-state index is -3.79. The summed E-state index contributed by atoms with van der Waals surface area (Å²) in [5.41, 5.74) is 0.892. The van der Waals surface area contributed by atoms with Gasteiger partial charge < -0.3 is 14.8 Å². The van der Waals surface area contributed by atoms with Crippen LogP contribution in [0, 0.1) is 0 Å². The van der Waals surface area contributed by atoms with Gasteiger partial charge in [0.25, 0.3) is 15.9 Å². The lowest BCUT2D eigenvalue weighted by molar-refractivity contribution is -0.125. The molecule has 0 aromatic heterocycles. The number of hydrogen-bond donors (Lipinski definition) is 1. The molecule has 1 aliphatic rings. The highest BCUT2D eigenvalue weighted by Crippen LogP contribution is 2.31. The molecule has 0 unspecified atom stereocenters. The first kappa shape index (κ1) is 19.8. The van der Waals surface area contributed by atoms with Gasteiger partial charge in [-0.2, -0.15) is 0 Å². The fourth-order valence-electron chi connectivity index (χ4n) is 3.04. The maximum Gasteiger partial charge on any atom is 0.269 e. The fraction of sp³-hybridized carbons (Fsp3) is 0.136. The Labute approximate surface area is 174 Å². The number of nitrogens with one attached hydrogen (secondary N) is 1. The summed E-state index contributed by atoms with van der Waals surface area (Å²) < 4.78 is 38.4. The normalized spacial score (nSPS) is 15.3. The van der Waals surface area contributed by atoms with Crippen LogP contribution in [0.15, 0.2) is 83.8 Å². The number of sulfonamides is 1. The van der Waals surface area contributed by atoms with Gasteiger partial charge in [0, 0.05) is 12.7 Å². The Kier molecular flexibility index (Phi) is 5.33. The first-order valence-corrected chi connectivity index (χ1v) is 10.7. The summed E-state index contributed by atoms with van der Waals surface area (Å²) in [4.78, 5) is 12.7. The summed E-state index contributed by atoms with van der Waals surface area (Å²) in [6.45, 7) is 0.0670. The van der Waals surface area contributed by atoms with E-state index in [1.54, 1.807) is 54.6 Å². The topological polar surface area (TPSA) is 84.9 Å². The van der Waals surface area contributed by atoms with E-state index in [1.165, 1.54) is 23.5 Å². The SMILES string of the molecule is CN(c1ccccc1)S(=O)(=O)c1cccc(NC(=O)[C@H]2COc3ccccc3O2)c1. The standard InChI is InChI=1S/C22H20N2O5S/c1-24(17-9-3-2-4-10-17)30(26,27)18-11-7-8-16(14-18)23-22(25)21-15-28-19-12-5-6-13-20(19)29-21/h2-14,21H,15H2,1H3,(H,23,25)/t21-/m1/s1. The minimum absolute atomic E-state index is 0.0670. The number of carbonyl (C=O) groups is 1. The summed E-state index contributed by atoms with van der Waals surface area (Å²) in [5, 5.41) is 2.71. The number of benzene rings is 3. The molecular weight excluding hydrogens is 404 g/mol. The van der Waals surface area contributed by atoms with Gasteiger partial charge >= 0.3 is 0 Å². The van der Waals surface area contributed by atoms with Gasteiger partial charge in [-0.25, -0.2) is 8.42 Å². The molecule has 8 heteroatoms. The molecule has 154 valence electrons. The van der Waals surface area contributed by atoms with E-state index in [9.17, 15) is 13.2 Å². The van der Waals surface area contributed by atoms with Crippen LogP contribution in [0.3, 0.4) is 0 Å². The van der Waals surface area contributed by atoms with Gasteiger partial charge in [0.15, 0.2) is 11.5 Å². The maximum atomic E-state index is 13.0. The molecule has 0 aliphatic carbocycles. The Morgan fingerprint density at radius 1 is 0.967 bits per heavy atom. The van der Waals surface area contributed by atoms with Gasteiger partial charge in [-0.05, 0) is 42.5 Å². The number of carbonyl (C=O) groups excluding carboxylic acids is 1. The van der Waals surface area contributed by atoms with Crippen molar-refractivity contribution in [2.24, 2.45) is 0 Å². The van der Waals surface area contributed by atoms with Crippen molar-refractivity contribution in [1.82, 2.24) is 0 Å². The highest BCUT2D eigenvalue weighted by molar-refractivity contribution is 7.92. The monoisotopic (exact) mass is 424 g/mol. The Hall–Kier alpha value is -3.52. The van der Waals surface area contributed by atoms with Crippen LogP contribution in [0.4, 0.5) is 11.4 Å². The third-order valence-electron chi connectivity index (χ3n) is 4.68. The lowest BCUT2D eigenvalue weighted by Gasteiger charge is -2.25. The summed E-state index contributed by atoms with van der Waals surface area (Å²) in [6, 6.07) is 22.0. The molecule has 0 radical (unpaired) electrons. The molecule has 1 N–H and O–H groups in total. The first-order valence-electron chi connectivity index (χ1n) is 9.28. The van der Waals surface area contributed by atoms with E-state index in [-0.39, 0.29) is 11.5 Å². The maximum absolute atomic E-state index is 13.0. The van der Waals surface area contributed by atoms with Crippen LogP contribution < -0.4 is 19.1 Å². The highest BCUT2D eigenvalue weighted by atomic mass is 32.2. The first-order chi connectivity index (χ1) is 14.4. The van der Waals surface area contributed by atoms with Crippen LogP contribution in [0.1, 0.15) is 0 Å². The number of fused-ring (bicyclic) bond motifs is 1. The van der Waals surface area contributed by atoms with Crippen LogP contribution in [0.5, 0.6) is 11.5 Å². The van der Waals surface area contributed by atoms with Crippen molar-refractivity contribution in [3.8, 4) is 11.5 Å². The smallest absolute Gasteiger partial charge is 0.269 e. The van der Waals surface area contributed by atoms with Gasteiger partial charge in [-0.15, -0.1) is 0 Å². The zero-order chi connectivity index (χ0) is 21.1. The summed E-state index contributed by atoms with van der Waals surface area (Å²) in [7, 11) is -2.30. The minimum Gasteiger partial charge on any atom is -0.485 e. The second-order valence-corrected chi connectivity index (χ2v) is 8.66. The Morgan fingerprint density at radius 2 is 1.67 bits per heavy atom. The molecular formula is C22H20N2O5S. The number of ether oxygens (including phenoxy) is 2. The Bertz CT molecular complexity index is 1160. The van der Waals surface area contributed by atoms with Gasteiger partial charge in [0.1, 0.15) is 6.61 Å². The lowest BCUT2D eigenvalue weighted by atomic mass is 10.2. The molecule has 7 nitrogen and oxygen atoms in total. The lowest BCUT2D eigenvalue weighted by Crippen LogP contribution is -2.40. The van der Waals surface area contributed by atoms with Crippen molar-refractivity contribution in [1.29, 1.82) is 0 Å². The van der Waals surface area contributed by atoms with E-state index in [1.807, 2.05) is 12.1 Å². The molecule has 1 aliphatic heterocycles. The number of para-hydroxylation sites is 3. The average Bonchev–Trinajstić information content (AvgIpc) is 2.79. The van der Waals surface area contributed by atoms with Crippen LogP contribution in [-0.4, -0.2) is 34.1 Å². The van der Waals surface area contributed by atoms with Gasteiger partial charge in [-0.1, -0.05) is 36.4 Å². The van der Waals surface area contributed by atoms with Gasteiger partial charge in [0.2, 0.25) is 6.10 Å². The molecule has 30 heavy (non-hydrogen) atoms. The van der Waals surface area contributed by atoms with E-state index in [4.69, 9.17) is 9.47 Å². The summed E-state index contributed by atoms with van der Waals surface area (Å²) in [6.07, 6.45) is -0.841. The van der Waals surface area contributed by atoms with Crippen LogP contribution in [0.2, 0.25) is 0 Å². The van der Waals surface area contributed by atoms with Crippen molar-refractivity contribution in [3.05, 3.63) is 78.9 Å². The predicted octanol–water partition coefficient (Wildman–Crippen LogP) is 3.29. The zero-order valence-electron chi connectivity index (χ0n) is 16.2. The molecule has 0 spiro atoms. The number of hydrogen-bond acceptors (Lipinski definition) is 5. The molecule has 1 atom stereocenters. The average molecular weight is 424 g/mol. The van der Waals surface area contributed by atoms with Gasteiger partial charge in [0.05, 0.1) is 10.6 Å². The van der Waals surface area contributed by atoms with Gasteiger partial charge in [-0.3, -0.25) is 9.10 Å². The Morgan fingerprint density at radius 3 is 2.43 bits per heavy atom. The molecule has 0 fully saturated rings. The molecule has 0 saturated heterocycles. The summed E-state index contributed by atoms with van der Waals surface area (Å²) >= 11 is 0. The molecule has 0 saturated carbocycles. The third-order valence-corrected chi connectivity index (χ3v) is 6.46. The molecule has 0 bridgehead atoms. The van der Waals surface area contributed by atoms with E-state index in [0.29, 0.717) is 22.9 Å². The van der Waals surface area contributed by atoms with Crippen LogP contribution >= 0.6 is 0 Å². The van der Waals surface area contributed by atoms with Crippen molar-refractivity contribution in [2.45, 2.75) is 11.0 Å². The zero-order valence-corrected chi connectivity index (χ0v) is 17.0. The molecule has 3 aromatic rings. The van der Waals surface area contributed by atoms with Crippen molar-refractivity contribution >= 4 is 27.3 Å². The molecule has 1 amide bonds. The fourth-order valence-corrected chi connectivity index (χ4v) is 4.28. The van der Waals surface area contributed by atoms with Crippen molar-refractivity contribution < 1.29 is 22.7 Å². The van der Waals surface area contributed by atoms with E-state index in [0.717, 1.165) is 0 Å². The summed E-state index contributed by atoms with van der Waals surface area (Å²) in [5.74, 6) is 0.652. The van der Waals surface area contributed by atoms with Crippen molar-refractivity contribution in [3.63, 3.8) is 0 Å². The van der Waals surface area contributed by atoms with Crippen LogP contribution in [0.25, 0.3) is 0 Å². The quantitative estimate of drug-likeness (QED) is 0.679. The largest absolute Gasteiger partial charge is 0.485 e. The second-order valence-electron chi connectivity index (χ2n) is 6.69. The highest BCUT2D eigenvalue weighted by Gasteiger charge is 2.28. The second kappa shape index (κ2) is 8.08. The number of amides is 1. The predicted molar refractivity (Wildman–Crippen MR) is 113 cm³/mol. The molecule has 3 aromatic carbocycles. The number of nitrogens with zero attached hydrogens (tertiary/aromatic N) is 1. The van der Waals surface area contributed by atoms with E-state index in [2.05, 4.69) is 5.32 Å². The van der Waals surface area contributed by atoms with E-state index < -0.39 is 22.0 Å². The van der Waals surface area contributed by atoms with E-state index >= 15 is 0 Å². The van der Waals surface area contributed by atoms with Crippen LogP contribution in [-0.2, 0) is 14.8 Å². The Balaban J connectivity index is 1.50. The third kappa shape index (κ3) is 3.95. The number of rotatable bonds is 5. The number of anilines is 2.